The second-order valence-corrected chi connectivity index (χ2v) is 3.41. The number of carbonyl (C=O) groups is 1. The number of primary amides is 1. The van der Waals surface area contributed by atoms with Gasteiger partial charge in [-0.3, -0.25) is 4.79 Å². The Hall–Kier alpha value is -1.45. The van der Waals surface area contributed by atoms with Gasteiger partial charge in [-0.15, -0.1) is 0 Å². The fourth-order valence-corrected chi connectivity index (χ4v) is 1.62. The van der Waals surface area contributed by atoms with E-state index < -0.39 is 0 Å². The van der Waals surface area contributed by atoms with Gasteiger partial charge in [0.1, 0.15) is 6.33 Å². The Bertz CT molecular complexity index is 350. The van der Waals surface area contributed by atoms with Gasteiger partial charge >= 0.3 is 0 Å². The van der Waals surface area contributed by atoms with Crippen molar-refractivity contribution in [3.8, 4) is 0 Å². The molecule has 2 N–H and O–H groups in total. The van der Waals surface area contributed by atoms with E-state index in [4.69, 9.17) is 5.73 Å². The van der Waals surface area contributed by atoms with Crippen molar-refractivity contribution in [2.45, 2.75) is 19.3 Å². The molecular formula is C9H11N3O. The monoisotopic (exact) mass is 177 g/mol. The number of aryl methyl sites for hydroxylation is 1. The molecule has 0 saturated heterocycles. The Morgan fingerprint density at radius 1 is 1.69 bits per heavy atom. The average molecular weight is 177 g/mol. The van der Waals surface area contributed by atoms with Crippen molar-refractivity contribution >= 4 is 5.91 Å². The first-order chi connectivity index (χ1) is 6.20. The normalized spacial score (nSPS) is 25.6. The van der Waals surface area contributed by atoms with Crippen molar-refractivity contribution in [2.75, 3.05) is 0 Å². The lowest BCUT2D eigenvalue weighted by molar-refractivity contribution is -0.119. The lowest BCUT2D eigenvalue weighted by atomic mass is 10.1. The van der Waals surface area contributed by atoms with Crippen LogP contribution in [0.15, 0.2) is 12.5 Å². The second-order valence-electron chi connectivity index (χ2n) is 3.41. The topological polar surface area (TPSA) is 68.9 Å². The summed E-state index contributed by atoms with van der Waals surface area (Å²) in [6, 6.07) is 0. The molecule has 2 rings (SSSR count). The van der Waals surface area contributed by atoms with Gasteiger partial charge < -0.3 is 5.73 Å². The van der Waals surface area contributed by atoms with Crippen LogP contribution in [0.2, 0.25) is 0 Å². The van der Waals surface area contributed by atoms with Crippen molar-refractivity contribution in [3.63, 3.8) is 0 Å². The maximum atomic E-state index is 10.8. The van der Waals surface area contributed by atoms with Gasteiger partial charge in [0.05, 0.1) is 0 Å². The van der Waals surface area contributed by atoms with Gasteiger partial charge in [-0.2, -0.15) is 0 Å². The van der Waals surface area contributed by atoms with Crippen LogP contribution >= 0.6 is 0 Å². The van der Waals surface area contributed by atoms with E-state index in [-0.39, 0.29) is 17.7 Å². The highest BCUT2D eigenvalue weighted by molar-refractivity contribution is 5.81. The number of amides is 1. The van der Waals surface area contributed by atoms with Crippen LogP contribution in [0.4, 0.5) is 0 Å². The quantitative estimate of drug-likeness (QED) is 0.709. The van der Waals surface area contributed by atoms with Gasteiger partial charge in [0.2, 0.25) is 5.91 Å². The molecule has 13 heavy (non-hydrogen) atoms. The molecule has 1 amide bonds. The number of aromatic nitrogens is 2. The molecule has 1 aromatic rings. The predicted molar refractivity (Wildman–Crippen MR) is 46.8 cm³/mol. The highest BCUT2D eigenvalue weighted by Gasteiger charge is 2.43. The summed E-state index contributed by atoms with van der Waals surface area (Å²) in [6.07, 6.45) is 4.14. The minimum Gasteiger partial charge on any atom is -0.369 e. The molecule has 0 radical (unpaired) electrons. The molecule has 4 heteroatoms. The standard InChI is InChI=1S/C9H11N3O/c1-5-8(3-11-4-12-5)6-2-7(6)9(10)13/h3-4,6-7H,2H2,1H3,(H2,10,13). The first-order valence-electron chi connectivity index (χ1n) is 4.26. The van der Waals surface area contributed by atoms with Crippen molar-refractivity contribution < 1.29 is 4.79 Å². The molecule has 1 heterocycles. The first kappa shape index (κ1) is 8.16. The average Bonchev–Trinajstić information content (AvgIpc) is 2.84. The third-order valence-corrected chi connectivity index (χ3v) is 2.50. The van der Waals surface area contributed by atoms with E-state index in [0.717, 1.165) is 17.7 Å². The van der Waals surface area contributed by atoms with Crippen molar-refractivity contribution in [1.29, 1.82) is 0 Å². The summed E-state index contributed by atoms with van der Waals surface area (Å²) in [5.41, 5.74) is 7.21. The third-order valence-electron chi connectivity index (χ3n) is 2.50. The van der Waals surface area contributed by atoms with Gasteiger partial charge in [-0.1, -0.05) is 0 Å². The zero-order valence-corrected chi connectivity index (χ0v) is 7.40. The second kappa shape index (κ2) is 2.80. The van der Waals surface area contributed by atoms with Gasteiger partial charge in [0, 0.05) is 17.8 Å². The van der Waals surface area contributed by atoms with Gasteiger partial charge in [0.25, 0.3) is 0 Å². The van der Waals surface area contributed by atoms with Crippen LogP contribution < -0.4 is 5.73 Å². The Labute approximate surface area is 76.2 Å². The predicted octanol–water partition coefficient (Wildman–Crippen LogP) is 0.374. The Kier molecular flexibility index (Phi) is 1.76. The van der Waals surface area contributed by atoms with Crippen LogP contribution in [0.3, 0.4) is 0 Å². The fourth-order valence-electron chi connectivity index (χ4n) is 1.62. The molecule has 1 aliphatic carbocycles. The van der Waals surface area contributed by atoms with Crippen molar-refractivity contribution in [2.24, 2.45) is 11.7 Å². The molecule has 0 aromatic carbocycles. The molecular weight excluding hydrogens is 166 g/mol. The van der Waals surface area contributed by atoms with Crippen LogP contribution in [0.5, 0.6) is 0 Å². The molecule has 0 spiro atoms. The number of carbonyl (C=O) groups excluding carboxylic acids is 1. The van der Waals surface area contributed by atoms with Crippen LogP contribution in [0.1, 0.15) is 23.6 Å². The van der Waals surface area contributed by atoms with E-state index in [1.165, 1.54) is 6.33 Å². The maximum Gasteiger partial charge on any atom is 0.221 e. The summed E-state index contributed by atoms with van der Waals surface area (Å²) in [6.45, 7) is 1.92. The van der Waals surface area contributed by atoms with Crippen molar-refractivity contribution in [1.82, 2.24) is 9.97 Å². The Morgan fingerprint density at radius 3 is 3.00 bits per heavy atom. The van der Waals surface area contributed by atoms with Crippen LogP contribution in [-0.2, 0) is 4.79 Å². The van der Waals surface area contributed by atoms with E-state index in [0.29, 0.717) is 0 Å². The molecule has 4 nitrogen and oxygen atoms in total. The number of nitrogens with two attached hydrogens (primary N) is 1. The summed E-state index contributed by atoms with van der Waals surface area (Å²) < 4.78 is 0. The van der Waals surface area contributed by atoms with Gasteiger partial charge in [-0.25, -0.2) is 9.97 Å². The van der Waals surface area contributed by atoms with E-state index >= 15 is 0 Å². The summed E-state index contributed by atoms with van der Waals surface area (Å²) in [5.74, 6) is 0.0525. The third kappa shape index (κ3) is 1.39. The minimum atomic E-state index is -0.215. The molecule has 0 bridgehead atoms. The largest absolute Gasteiger partial charge is 0.369 e. The Morgan fingerprint density at radius 2 is 2.46 bits per heavy atom. The molecule has 68 valence electrons. The fraction of sp³-hybridized carbons (Fsp3) is 0.444. The zero-order valence-electron chi connectivity index (χ0n) is 7.40. The molecule has 0 aliphatic heterocycles. The van der Waals surface area contributed by atoms with Crippen LogP contribution in [0, 0.1) is 12.8 Å². The van der Waals surface area contributed by atoms with Gasteiger partial charge in [-0.05, 0) is 24.8 Å². The molecule has 1 aliphatic rings. The van der Waals surface area contributed by atoms with Crippen LogP contribution in [-0.4, -0.2) is 15.9 Å². The van der Waals surface area contributed by atoms with E-state index in [1.807, 2.05) is 6.92 Å². The number of hydrogen-bond donors (Lipinski definition) is 1. The molecule has 1 saturated carbocycles. The minimum absolute atomic E-state index is 0.00435. The number of rotatable bonds is 2. The summed E-state index contributed by atoms with van der Waals surface area (Å²) in [4.78, 5) is 18.8. The van der Waals surface area contributed by atoms with Crippen LogP contribution in [0.25, 0.3) is 0 Å². The maximum absolute atomic E-state index is 10.8. The summed E-state index contributed by atoms with van der Waals surface area (Å²) in [5, 5.41) is 0. The summed E-state index contributed by atoms with van der Waals surface area (Å²) in [7, 11) is 0. The lowest BCUT2D eigenvalue weighted by Crippen LogP contribution is -2.14. The number of nitrogens with zero attached hydrogens (tertiary/aromatic N) is 2. The highest BCUT2D eigenvalue weighted by Crippen LogP contribution is 2.47. The summed E-state index contributed by atoms with van der Waals surface area (Å²) >= 11 is 0. The van der Waals surface area contributed by atoms with Crippen molar-refractivity contribution in [3.05, 3.63) is 23.8 Å². The van der Waals surface area contributed by atoms with E-state index in [1.54, 1.807) is 6.20 Å². The Balaban J connectivity index is 2.21. The van der Waals surface area contributed by atoms with E-state index in [9.17, 15) is 4.79 Å². The molecule has 1 fully saturated rings. The number of hydrogen-bond acceptors (Lipinski definition) is 3. The van der Waals surface area contributed by atoms with Gasteiger partial charge in [0.15, 0.2) is 0 Å². The zero-order chi connectivity index (χ0) is 9.42. The highest BCUT2D eigenvalue weighted by atomic mass is 16.1. The smallest absolute Gasteiger partial charge is 0.221 e. The molecule has 2 unspecified atom stereocenters. The molecule has 2 atom stereocenters. The molecule has 1 aromatic heterocycles. The lowest BCUT2D eigenvalue weighted by Gasteiger charge is -2.00. The van der Waals surface area contributed by atoms with E-state index in [2.05, 4.69) is 9.97 Å². The first-order valence-corrected chi connectivity index (χ1v) is 4.26. The SMILES string of the molecule is Cc1ncncc1C1CC1C(N)=O.